The van der Waals surface area contributed by atoms with Gasteiger partial charge in [-0.1, -0.05) is 49.7 Å². The molecule has 5 heteroatoms. The Morgan fingerprint density at radius 3 is 2.32 bits per heavy atom. The number of nitrogens with zero attached hydrogens (tertiary/aromatic N) is 2. The van der Waals surface area contributed by atoms with E-state index < -0.39 is 0 Å². The molecule has 128 valence electrons. The summed E-state index contributed by atoms with van der Waals surface area (Å²) >= 11 is 5.88. The van der Waals surface area contributed by atoms with Gasteiger partial charge < -0.3 is 9.32 Å². The van der Waals surface area contributed by atoms with Crippen LogP contribution in [-0.4, -0.2) is 17.9 Å². The summed E-state index contributed by atoms with van der Waals surface area (Å²) in [4.78, 5) is 18.2. The average molecular weight is 355 g/mol. The second-order valence-corrected chi connectivity index (χ2v) is 6.58. The molecule has 0 bridgehead atoms. The van der Waals surface area contributed by atoms with Crippen molar-refractivity contribution in [1.29, 1.82) is 0 Å². The molecule has 2 aromatic carbocycles. The van der Waals surface area contributed by atoms with Crippen LogP contribution in [-0.2, 0) is 0 Å². The smallest absolute Gasteiger partial charge is 0.313 e. The van der Waals surface area contributed by atoms with Gasteiger partial charge in [-0.25, -0.2) is 4.98 Å². The lowest BCUT2D eigenvalue weighted by Gasteiger charge is -2.15. The summed E-state index contributed by atoms with van der Waals surface area (Å²) in [6.45, 7) is 4.29. The highest BCUT2D eigenvalue weighted by atomic mass is 35.5. The van der Waals surface area contributed by atoms with Gasteiger partial charge in [-0.3, -0.25) is 4.79 Å². The lowest BCUT2D eigenvalue weighted by Crippen LogP contribution is -2.26. The molecule has 1 aromatic heterocycles. The van der Waals surface area contributed by atoms with Crippen LogP contribution >= 0.6 is 11.6 Å². The van der Waals surface area contributed by atoms with Crippen LogP contribution in [0.5, 0.6) is 0 Å². The van der Waals surface area contributed by atoms with Gasteiger partial charge >= 0.3 is 5.91 Å². The molecule has 0 spiro atoms. The largest absolute Gasteiger partial charge is 0.432 e. The maximum Gasteiger partial charge on any atom is 0.313 e. The predicted molar refractivity (Wildman–Crippen MR) is 100 cm³/mol. The fourth-order valence-electron chi connectivity index (χ4n) is 2.46. The van der Waals surface area contributed by atoms with Crippen LogP contribution < -0.4 is 4.90 Å². The van der Waals surface area contributed by atoms with E-state index >= 15 is 0 Å². The third kappa shape index (κ3) is 3.74. The number of oxazole rings is 1. The standard InChI is InChI=1S/C20H19ClN2O2/c1-13(2)14-4-6-15(7-5-14)18-12-22-19(25-18)20(24)23(3)17-10-8-16(21)9-11-17/h4-13H,1-3H3. The van der Waals surface area contributed by atoms with Gasteiger partial charge in [-0.05, 0) is 35.7 Å². The number of hydrogen-bond acceptors (Lipinski definition) is 3. The van der Waals surface area contributed by atoms with Crippen LogP contribution in [0.15, 0.2) is 59.1 Å². The van der Waals surface area contributed by atoms with Crippen molar-refractivity contribution >= 4 is 23.2 Å². The van der Waals surface area contributed by atoms with Gasteiger partial charge in [0.1, 0.15) is 0 Å². The molecule has 3 rings (SSSR count). The van der Waals surface area contributed by atoms with Crippen LogP contribution in [0.1, 0.15) is 36.0 Å². The highest BCUT2D eigenvalue weighted by molar-refractivity contribution is 6.30. The first-order chi connectivity index (χ1) is 12.0. The van der Waals surface area contributed by atoms with Gasteiger partial charge in [-0.2, -0.15) is 0 Å². The van der Waals surface area contributed by atoms with E-state index in [1.54, 1.807) is 37.5 Å². The molecule has 4 nitrogen and oxygen atoms in total. The second-order valence-electron chi connectivity index (χ2n) is 6.15. The number of carbonyl (C=O) groups excluding carboxylic acids is 1. The summed E-state index contributed by atoms with van der Waals surface area (Å²) in [5.41, 5.74) is 2.86. The normalized spacial score (nSPS) is 10.9. The molecule has 0 unspecified atom stereocenters. The second kappa shape index (κ2) is 7.11. The van der Waals surface area contributed by atoms with E-state index in [0.29, 0.717) is 16.7 Å². The highest BCUT2D eigenvalue weighted by Crippen LogP contribution is 2.25. The summed E-state index contributed by atoms with van der Waals surface area (Å²) in [7, 11) is 1.67. The number of anilines is 1. The fourth-order valence-corrected chi connectivity index (χ4v) is 2.59. The van der Waals surface area contributed by atoms with Crippen LogP contribution in [0.2, 0.25) is 5.02 Å². The number of hydrogen-bond donors (Lipinski definition) is 0. The van der Waals surface area contributed by atoms with E-state index in [4.69, 9.17) is 16.0 Å². The molecule has 25 heavy (non-hydrogen) atoms. The van der Waals surface area contributed by atoms with Gasteiger partial charge in [0.2, 0.25) is 0 Å². The first-order valence-corrected chi connectivity index (χ1v) is 8.43. The Kier molecular flexibility index (Phi) is 4.91. The van der Waals surface area contributed by atoms with E-state index in [2.05, 4.69) is 31.0 Å². The van der Waals surface area contributed by atoms with Crippen molar-refractivity contribution in [1.82, 2.24) is 4.98 Å². The zero-order valence-corrected chi connectivity index (χ0v) is 15.1. The van der Waals surface area contributed by atoms with Gasteiger partial charge in [0.05, 0.1) is 6.20 Å². The monoisotopic (exact) mass is 354 g/mol. The summed E-state index contributed by atoms with van der Waals surface area (Å²) in [5, 5.41) is 0.618. The summed E-state index contributed by atoms with van der Waals surface area (Å²) in [5.74, 6) is 0.782. The van der Waals surface area contributed by atoms with Gasteiger partial charge in [0.15, 0.2) is 5.76 Å². The summed E-state index contributed by atoms with van der Waals surface area (Å²) < 4.78 is 5.67. The number of aromatic nitrogens is 1. The highest BCUT2D eigenvalue weighted by Gasteiger charge is 2.19. The first kappa shape index (κ1) is 17.2. The Balaban J connectivity index is 1.80. The molecule has 0 saturated heterocycles. The van der Waals surface area contributed by atoms with Crippen LogP contribution in [0.25, 0.3) is 11.3 Å². The number of halogens is 1. The van der Waals surface area contributed by atoms with Gasteiger partial charge in [-0.15, -0.1) is 0 Å². The third-order valence-corrected chi connectivity index (χ3v) is 4.32. The minimum Gasteiger partial charge on any atom is -0.432 e. The molecule has 1 amide bonds. The third-order valence-electron chi connectivity index (χ3n) is 4.07. The number of benzene rings is 2. The SMILES string of the molecule is CC(C)c1ccc(-c2cnc(C(=O)N(C)c3ccc(Cl)cc3)o2)cc1. The molecular formula is C20H19ClN2O2. The molecule has 0 aliphatic carbocycles. The van der Waals surface area contributed by atoms with Crippen LogP contribution in [0, 0.1) is 0 Å². The Morgan fingerprint density at radius 2 is 1.72 bits per heavy atom. The minimum atomic E-state index is -0.313. The summed E-state index contributed by atoms with van der Waals surface area (Å²) in [6, 6.07) is 15.1. The zero-order chi connectivity index (χ0) is 18.0. The van der Waals surface area contributed by atoms with E-state index in [1.807, 2.05) is 12.1 Å². The summed E-state index contributed by atoms with van der Waals surface area (Å²) in [6.07, 6.45) is 1.58. The van der Waals surface area contributed by atoms with Crippen LogP contribution in [0.3, 0.4) is 0 Å². The topological polar surface area (TPSA) is 46.3 Å². The molecule has 0 fully saturated rings. The molecule has 0 aliphatic rings. The maximum atomic E-state index is 12.6. The fraction of sp³-hybridized carbons (Fsp3) is 0.200. The lowest BCUT2D eigenvalue weighted by molar-refractivity contribution is 0.0960. The zero-order valence-electron chi connectivity index (χ0n) is 14.4. The van der Waals surface area contributed by atoms with Crippen molar-refractivity contribution in [2.45, 2.75) is 19.8 Å². The molecule has 1 heterocycles. The van der Waals surface area contributed by atoms with Crippen molar-refractivity contribution in [3.05, 3.63) is 71.2 Å². The number of rotatable bonds is 4. The number of carbonyl (C=O) groups is 1. The average Bonchev–Trinajstić information content (AvgIpc) is 3.11. The molecule has 0 saturated carbocycles. The molecule has 3 aromatic rings. The molecule has 0 aliphatic heterocycles. The van der Waals surface area contributed by atoms with Crippen LogP contribution in [0.4, 0.5) is 5.69 Å². The van der Waals surface area contributed by atoms with Crippen molar-refractivity contribution in [3.8, 4) is 11.3 Å². The molecule has 0 N–H and O–H groups in total. The quantitative estimate of drug-likeness (QED) is 0.630. The van der Waals surface area contributed by atoms with E-state index in [1.165, 1.54) is 10.5 Å². The van der Waals surface area contributed by atoms with Crippen molar-refractivity contribution in [2.75, 3.05) is 11.9 Å². The molecular weight excluding hydrogens is 336 g/mol. The number of amides is 1. The van der Waals surface area contributed by atoms with Crippen molar-refractivity contribution in [2.24, 2.45) is 0 Å². The Hall–Kier alpha value is -2.59. The maximum absolute atomic E-state index is 12.6. The Labute approximate surface area is 152 Å². The van der Waals surface area contributed by atoms with Gasteiger partial charge in [0, 0.05) is 23.3 Å². The van der Waals surface area contributed by atoms with E-state index in [9.17, 15) is 4.79 Å². The van der Waals surface area contributed by atoms with Gasteiger partial charge in [0.25, 0.3) is 5.89 Å². The van der Waals surface area contributed by atoms with Crippen molar-refractivity contribution < 1.29 is 9.21 Å². The van der Waals surface area contributed by atoms with Crippen molar-refractivity contribution in [3.63, 3.8) is 0 Å². The minimum absolute atomic E-state index is 0.0559. The first-order valence-electron chi connectivity index (χ1n) is 8.05. The molecule has 0 radical (unpaired) electrons. The van der Waals surface area contributed by atoms with E-state index in [0.717, 1.165) is 11.3 Å². The Bertz CT molecular complexity index is 867. The lowest BCUT2D eigenvalue weighted by atomic mass is 10.0. The van der Waals surface area contributed by atoms with E-state index in [-0.39, 0.29) is 11.8 Å². The predicted octanol–water partition coefficient (Wildman–Crippen LogP) is 5.40. The Morgan fingerprint density at radius 1 is 1.08 bits per heavy atom. The molecule has 0 atom stereocenters.